The number of hydrogen-bond donors (Lipinski definition) is 0. The van der Waals surface area contributed by atoms with Gasteiger partial charge in [0.2, 0.25) is 5.91 Å². The van der Waals surface area contributed by atoms with Crippen molar-refractivity contribution < 1.29 is 14.3 Å². The molecule has 1 aromatic carbocycles. The lowest BCUT2D eigenvalue weighted by Gasteiger charge is -2.25. The Labute approximate surface area is 158 Å². The first-order valence-electron chi connectivity index (χ1n) is 8.16. The molecule has 0 atom stereocenters. The highest BCUT2D eigenvalue weighted by atomic mass is 79.9. The van der Waals surface area contributed by atoms with E-state index in [1.165, 1.54) is 11.0 Å². The molecule has 1 rings (SSSR count). The summed E-state index contributed by atoms with van der Waals surface area (Å²) in [6.45, 7) is 6.48. The van der Waals surface area contributed by atoms with Crippen LogP contribution < -0.4 is 0 Å². The van der Waals surface area contributed by atoms with Crippen LogP contribution in [0.3, 0.4) is 0 Å². The Morgan fingerprint density at radius 2 is 1.80 bits per heavy atom. The molecule has 5 nitrogen and oxygen atoms in total. The van der Waals surface area contributed by atoms with Crippen LogP contribution in [-0.4, -0.2) is 61.0 Å². The van der Waals surface area contributed by atoms with Crippen molar-refractivity contribution >= 4 is 33.9 Å². The molecule has 0 bridgehead atoms. The van der Waals surface area contributed by atoms with Crippen LogP contribution in [0, 0.1) is 0 Å². The van der Waals surface area contributed by atoms with Crippen LogP contribution in [0.5, 0.6) is 0 Å². The Morgan fingerprint density at radius 3 is 2.36 bits per heavy atom. The van der Waals surface area contributed by atoms with Crippen molar-refractivity contribution in [3.8, 4) is 0 Å². The van der Waals surface area contributed by atoms with E-state index < -0.39 is 11.6 Å². The molecule has 0 aliphatic heterocycles. The third-order valence-corrected chi connectivity index (χ3v) is 3.90. The summed E-state index contributed by atoms with van der Waals surface area (Å²) in [5.74, 6) is -0.627. The number of ether oxygens (including phenoxy) is 1. The largest absolute Gasteiger partial charge is 0.459 e. The second-order valence-corrected chi connectivity index (χ2v) is 7.86. The third kappa shape index (κ3) is 8.84. The molecule has 138 valence electrons. The maximum Gasteiger partial charge on any atom is 0.326 e. The standard InChI is InChI=1S/C19H27BrN2O3/c1-19(2,3)25-18(24)14-22(13-12-21(4)5)17(23)11-10-15-8-6-7-9-16(15)20/h6-11H,12-14H2,1-5H3/b11-10+. The first-order valence-corrected chi connectivity index (χ1v) is 8.96. The van der Waals surface area contributed by atoms with E-state index in [4.69, 9.17) is 4.74 Å². The predicted octanol–water partition coefficient (Wildman–Crippen LogP) is 3.19. The van der Waals surface area contributed by atoms with Gasteiger partial charge in [-0.15, -0.1) is 0 Å². The van der Waals surface area contributed by atoms with Gasteiger partial charge < -0.3 is 14.5 Å². The highest BCUT2D eigenvalue weighted by molar-refractivity contribution is 9.10. The fourth-order valence-electron chi connectivity index (χ4n) is 1.99. The van der Waals surface area contributed by atoms with E-state index in [1.54, 1.807) is 6.08 Å². The van der Waals surface area contributed by atoms with Crippen molar-refractivity contribution in [2.45, 2.75) is 26.4 Å². The average molecular weight is 411 g/mol. The lowest BCUT2D eigenvalue weighted by molar-refractivity contribution is -0.158. The Bertz CT molecular complexity index is 621. The highest BCUT2D eigenvalue weighted by Gasteiger charge is 2.21. The molecule has 0 aliphatic carbocycles. The van der Waals surface area contributed by atoms with E-state index in [2.05, 4.69) is 15.9 Å². The second kappa shape index (κ2) is 9.73. The summed E-state index contributed by atoms with van der Waals surface area (Å²) in [6, 6.07) is 7.63. The summed E-state index contributed by atoms with van der Waals surface area (Å²) < 4.78 is 6.24. The molecular weight excluding hydrogens is 384 g/mol. The minimum absolute atomic E-state index is 0.0652. The minimum atomic E-state index is -0.571. The van der Waals surface area contributed by atoms with Crippen LogP contribution in [0.15, 0.2) is 34.8 Å². The van der Waals surface area contributed by atoms with Crippen molar-refractivity contribution in [3.05, 3.63) is 40.4 Å². The quantitative estimate of drug-likeness (QED) is 0.511. The van der Waals surface area contributed by atoms with Gasteiger partial charge in [-0.1, -0.05) is 34.1 Å². The summed E-state index contributed by atoms with van der Waals surface area (Å²) in [5, 5.41) is 0. The number of amides is 1. The van der Waals surface area contributed by atoms with Gasteiger partial charge in [-0.2, -0.15) is 0 Å². The van der Waals surface area contributed by atoms with Gasteiger partial charge in [-0.25, -0.2) is 0 Å². The van der Waals surface area contributed by atoms with Crippen LogP contribution in [-0.2, 0) is 14.3 Å². The first-order chi connectivity index (χ1) is 11.6. The molecule has 1 aromatic rings. The van der Waals surface area contributed by atoms with Crippen molar-refractivity contribution in [2.75, 3.05) is 33.7 Å². The Hall–Kier alpha value is -1.66. The minimum Gasteiger partial charge on any atom is -0.459 e. The predicted molar refractivity (Wildman–Crippen MR) is 104 cm³/mol. The molecule has 0 heterocycles. The smallest absolute Gasteiger partial charge is 0.326 e. The number of benzene rings is 1. The zero-order chi connectivity index (χ0) is 19.0. The average Bonchev–Trinajstić information content (AvgIpc) is 2.48. The lowest BCUT2D eigenvalue weighted by atomic mass is 10.2. The van der Waals surface area contributed by atoms with E-state index in [0.717, 1.165) is 10.0 Å². The number of carbonyl (C=O) groups excluding carboxylic acids is 2. The molecule has 25 heavy (non-hydrogen) atoms. The number of esters is 1. The van der Waals surface area contributed by atoms with Gasteiger partial charge in [0.15, 0.2) is 0 Å². The number of hydrogen-bond acceptors (Lipinski definition) is 4. The summed E-state index contributed by atoms with van der Waals surface area (Å²) in [5.41, 5.74) is 0.332. The summed E-state index contributed by atoms with van der Waals surface area (Å²) >= 11 is 3.45. The normalized spacial score (nSPS) is 11.8. The number of nitrogens with zero attached hydrogens (tertiary/aromatic N) is 2. The van der Waals surface area contributed by atoms with Crippen molar-refractivity contribution in [1.29, 1.82) is 0 Å². The van der Waals surface area contributed by atoms with Gasteiger partial charge in [-0.05, 0) is 52.6 Å². The fraction of sp³-hybridized carbons (Fsp3) is 0.474. The van der Waals surface area contributed by atoms with Crippen molar-refractivity contribution in [2.24, 2.45) is 0 Å². The Morgan fingerprint density at radius 1 is 1.16 bits per heavy atom. The molecule has 0 radical (unpaired) electrons. The molecule has 1 amide bonds. The van der Waals surface area contributed by atoms with E-state index in [-0.39, 0.29) is 12.5 Å². The SMILES string of the molecule is CN(C)CCN(CC(=O)OC(C)(C)C)C(=O)/C=C/c1ccccc1Br. The molecule has 0 aliphatic rings. The molecule has 0 unspecified atom stereocenters. The molecule has 0 saturated heterocycles. The maximum absolute atomic E-state index is 12.5. The molecule has 0 aromatic heterocycles. The Balaban J connectivity index is 2.81. The Kier molecular flexibility index (Phi) is 8.32. The van der Waals surface area contributed by atoms with Gasteiger partial charge in [0.1, 0.15) is 12.1 Å². The van der Waals surface area contributed by atoms with Gasteiger partial charge >= 0.3 is 5.97 Å². The van der Waals surface area contributed by atoms with Crippen molar-refractivity contribution in [3.63, 3.8) is 0 Å². The van der Waals surface area contributed by atoms with E-state index in [1.807, 2.05) is 64.0 Å². The van der Waals surface area contributed by atoms with Crippen LogP contribution in [0.4, 0.5) is 0 Å². The topological polar surface area (TPSA) is 49.9 Å². The summed E-state index contributed by atoms with van der Waals surface area (Å²) in [4.78, 5) is 28.1. The van der Waals surface area contributed by atoms with Crippen LogP contribution >= 0.6 is 15.9 Å². The first kappa shape index (κ1) is 21.4. The molecule has 0 spiro atoms. The molecule has 0 saturated carbocycles. The van der Waals surface area contributed by atoms with Crippen molar-refractivity contribution in [1.82, 2.24) is 9.80 Å². The lowest BCUT2D eigenvalue weighted by Crippen LogP contribution is -2.41. The van der Waals surface area contributed by atoms with Gasteiger partial charge in [0, 0.05) is 23.6 Å². The van der Waals surface area contributed by atoms with Gasteiger partial charge in [0.05, 0.1) is 0 Å². The molecule has 6 heteroatoms. The zero-order valence-electron chi connectivity index (χ0n) is 15.6. The third-order valence-electron chi connectivity index (χ3n) is 3.18. The maximum atomic E-state index is 12.5. The number of carbonyl (C=O) groups is 2. The fourth-order valence-corrected chi connectivity index (χ4v) is 2.41. The van der Waals surface area contributed by atoms with Crippen LogP contribution in [0.2, 0.25) is 0 Å². The summed E-state index contributed by atoms with van der Waals surface area (Å²) in [7, 11) is 3.85. The number of rotatable bonds is 7. The molecule has 0 N–H and O–H groups in total. The second-order valence-electron chi connectivity index (χ2n) is 7.00. The monoisotopic (exact) mass is 410 g/mol. The highest BCUT2D eigenvalue weighted by Crippen LogP contribution is 2.17. The number of likely N-dealkylation sites (N-methyl/N-ethyl adjacent to an activating group) is 1. The van der Waals surface area contributed by atoms with E-state index in [9.17, 15) is 9.59 Å². The van der Waals surface area contributed by atoms with E-state index in [0.29, 0.717) is 13.1 Å². The van der Waals surface area contributed by atoms with Gasteiger partial charge in [-0.3, -0.25) is 9.59 Å². The van der Waals surface area contributed by atoms with E-state index >= 15 is 0 Å². The zero-order valence-corrected chi connectivity index (χ0v) is 17.2. The van der Waals surface area contributed by atoms with Crippen LogP contribution in [0.25, 0.3) is 6.08 Å². The van der Waals surface area contributed by atoms with Gasteiger partial charge in [0.25, 0.3) is 0 Å². The summed E-state index contributed by atoms with van der Waals surface area (Å²) in [6.07, 6.45) is 3.23. The molecular formula is C19H27BrN2O3. The van der Waals surface area contributed by atoms with Crippen LogP contribution in [0.1, 0.15) is 26.3 Å². The molecule has 0 fully saturated rings. The number of halogens is 1.